The summed E-state index contributed by atoms with van der Waals surface area (Å²) in [5, 5.41) is 9.77. The van der Waals surface area contributed by atoms with Crippen molar-refractivity contribution in [3.63, 3.8) is 0 Å². The van der Waals surface area contributed by atoms with Crippen molar-refractivity contribution in [2.75, 3.05) is 5.75 Å². The Morgan fingerprint density at radius 1 is 0.658 bits per heavy atom. The minimum atomic E-state index is -3.50. The van der Waals surface area contributed by atoms with Crippen LogP contribution < -0.4 is 4.72 Å². The summed E-state index contributed by atoms with van der Waals surface area (Å²) in [7, 11) is -3.50. The first-order valence-corrected chi connectivity index (χ1v) is 17.6. The summed E-state index contributed by atoms with van der Waals surface area (Å²) >= 11 is 0. The number of unbranched alkanes of at least 4 members (excludes halogenated alkanes) is 17. The molecule has 0 radical (unpaired) electrons. The van der Waals surface area contributed by atoms with E-state index in [2.05, 4.69) is 36.8 Å². The molecule has 0 heterocycles. The Balaban J connectivity index is 3.57. The van der Waals surface area contributed by atoms with Crippen LogP contribution in [-0.4, -0.2) is 31.3 Å². The molecule has 0 fully saturated rings. The first kappa shape index (κ1) is 36.9. The Hall–Kier alpha value is -1.14. The molecule has 0 aliphatic carbocycles. The van der Waals surface area contributed by atoms with Crippen LogP contribution in [0.3, 0.4) is 0 Å². The second kappa shape index (κ2) is 27.4. The number of aliphatic hydroxyl groups is 1. The molecule has 0 spiro atoms. The van der Waals surface area contributed by atoms with Crippen molar-refractivity contribution >= 4 is 15.9 Å². The Morgan fingerprint density at radius 3 is 1.71 bits per heavy atom. The van der Waals surface area contributed by atoms with Crippen LogP contribution in [0.4, 0.5) is 0 Å². The number of aliphatic hydroxyl groups excluding tert-OH is 1. The topological polar surface area (TPSA) is 83.5 Å². The number of carbonyl (C=O) groups excluding carboxylic acids is 1. The highest BCUT2D eigenvalue weighted by molar-refractivity contribution is 7.90. The van der Waals surface area contributed by atoms with Gasteiger partial charge in [0.1, 0.15) is 0 Å². The second-order valence-electron chi connectivity index (χ2n) is 10.9. The molecular weight excluding hydrogens is 494 g/mol. The molecule has 0 bridgehead atoms. The molecule has 2 N–H and O–H groups in total. The third-order valence-corrected chi connectivity index (χ3v) is 8.30. The Kier molecular flexibility index (Phi) is 26.6. The van der Waals surface area contributed by atoms with Crippen molar-refractivity contribution in [3.8, 4) is 0 Å². The number of allylic oxidation sites excluding steroid dienone is 3. The maximum absolute atomic E-state index is 12.1. The fourth-order valence-electron chi connectivity index (χ4n) is 4.49. The molecule has 224 valence electrons. The predicted molar refractivity (Wildman–Crippen MR) is 164 cm³/mol. The molecule has 1 atom stereocenters. The molecule has 1 amide bonds. The van der Waals surface area contributed by atoms with Crippen molar-refractivity contribution in [2.45, 2.75) is 168 Å². The lowest BCUT2D eigenvalue weighted by atomic mass is 10.1. The number of sulfonamides is 1. The van der Waals surface area contributed by atoms with Gasteiger partial charge in [-0.1, -0.05) is 128 Å². The SMILES string of the molecule is CCCCCCCCCCCCS(=O)(=O)NC(=O)CCC/C=C\CCCCCCC/C=C\[C@H](O)CCCC. The molecule has 0 aromatic rings. The van der Waals surface area contributed by atoms with E-state index in [0.29, 0.717) is 12.8 Å². The smallest absolute Gasteiger partial charge is 0.234 e. The summed E-state index contributed by atoms with van der Waals surface area (Å²) in [6.07, 6.45) is 32.7. The first-order chi connectivity index (χ1) is 18.4. The summed E-state index contributed by atoms with van der Waals surface area (Å²) in [6.45, 7) is 4.37. The predicted octanol–water partition coefficient (Wildman–Crippen LogP) is 8.92. The highest BCUT2D eigenvalue weighted by Gasteiger charge is 2.13. The van der Waals surface area contributed by atoms with E-state index in [4.69, 9.17) is 0 Å². The normalized spacial score (nSPS) is 13.0. The van der Waals surface area contributed by atoms with Gasteiger partial charge in [-0.15, -0.1) is 0 Å². The molecule has 0 rings (SSSR count). The summed E-state index contributed by atoms with van der Waals surface area (Å²) in [6, 6.07) is 0. The van der Waals surface area contributed by atoms with E-state index in [0.717, 1.165) is 51.4 Å². The van der Waals surface area contributed by atoms with E-state index >= 15 is 0 Å². The first-order valence-electron chi connectivity index (χ1n) is 15.9. The molecule has 0 aliphatic heterocycles. The Bertz CT molecular complexity index is 688. The minimum Gasteiger partial charge on any atom is -0.389 e. The lowest BCUT2D eigenvalue weighted by molar-refractivity contribution is -0.119. The molecule has 0 saturated carbocycles. The lowest BCUT2D eigenvalue weighted by Crippen LogP contribution is -2.32. The van der Waals surface area contributed by atoms with Gasteiger partial charge in [0.2, 0.25) is 15.9 Å². The van der Waals surface area contributed by atoms with Crippen molar-refractivity contribution in [1.29, 1.82) is 0 Å². The van der Waals surface area contributed by atoms with Crippen LogP contribution in [0.25, 0.3) is 0 Å². The summed E-state index contributed by atoms with van der Waals surface area (Å²) in [5.74, 6) is -0.329. The molecule has 0 aliphatic rings. The van der Waals surface area contributed by atoms with Crippen LogP contribution in [0.1, 0.15) is 162 Å². The van der Waals surface area contributed by atoms with Gasteiger partial charge in [0.25, 0.3) is 0 Å². The van der Waals surface area contributed by atoms with E-state index < -0.39 is 10.0 Å². The van der Waals surface area contributed by atoms with Crippen LogP contribution >= 0.6 is 0 Å². The van der Waals surface area contributed by atoms with Crippen molar-refractivity contribution in [1.82, 2.24) is 4.72 Å². The molecule has 0 aromatic heterocycles. The van der Waals surface area contributed by atoms with Crippen molar-refractivity contribution in [2.24, 2.45) is 0 Å². The van der Waals surface area contributed by atoms with Crippen LogP contribution in [0.15, 0.2) is 24.3 Å². The number of nitrogens with one attached hydrogen (secondary N) is 1. The van der Waals surface area contributed by atoms with E-state index in [1.807, 2.05) is 6.08 Å². The average Bonchev–Trinajstić information content (AvgIpc) is 2.88. The molecule has 0 unspecified atom stereocenters. The second-order valence-corrected chi connectivity index (χ2v) is 12.7. The van der Waals surface area contributed by atoms with Crippen molar-refractivity contribution < 1.29 is 18.3 Å². The lowest BCUT2D eigenvalue weighted by Gasteiger charge is -2.07. The standard InChI is InChI=1S/C32H61NO4S/c1-3-5-7-8-9-10-17-20-23-26-30-38(36,37)33-32(35)29-25-22-19-16-14-12-11-13-15-18-21-24-28-31(34)27-6-4-2/h16,19,24,28,31,34H,3-15,17-18,20-23,25-27,29-30H2,1-2H3,(H,33,35)/b19-16-,28-24-/t31-/m1/s1. The molecule has 38 heavy (non-hydrogen) atoms. The van der Waals surface area contributed by atoms with Crippen LogP contribution in [0.2, 0.25) is 0 Å². The van der Waals surface area contributed by atoms with Gasteiger partial charge in [0.15, 0.2) is 0 Å². The largest absolute Gasteiger partial charge is 0.389 e. The van der Waals surface area contributed by atoms with Gasteiger partial charge in [-0.2, -0.15) is 0 Å². The summed E-state index contributed by atoms with van der Waals surface area (Å²) < 4.78 is 26.5. The fraction of sp³-hybridized carbons (Fsp3) is 0.844. The zero-order valence-electron chi connectivity index (χ0n) is 24.9. The summed E-state index contributed by atoms with van der Waals surface area (Å²) in [4.78, 5) is 12.0. The maximum Gasteiger partial charge on any atom is 0.234 e. The zero-order valence-corrected chi connectivity index (χ0v) is 25.8. The number of carbonyl (C=O) groups is 1. The summed E-state index contributed by atoms with van der Waals surface area (Å²) in [5.41, 5.74) is 0. The van der Waals surface area contributed by atoms with Gasteiger partial charge < -0.3 is 5.11 Å². The number of rotatable bonds is 28. The minimum absolute atomic E-state index is 0.0496. The number of amides is 1. The fourth-order valence-corrected chi connectivity index (χ4v) is 5.62. The maximum atomic E-state index is 12.1. The Morgan fingerprint density at radius 2 is 1.13 bits per heavy atom. The molecule has 6 heteroatoms. The van der Waals surface area contributed by atoms with Gasteiger partial charge in [0, 0.05) is 6.42 Å². The van der Waals surface area contributed by atoms with Crippen LogP contribution in [-0.2, 0) is 14.8 Å². The van der Waals surface area contributed by atoms with Gasteiger partial charge in [0.05, 0.1) is 11.9 Å². The molecule has 0 aromatic carbocycles. The van der Waals surface area contributed by atoms with E-state index in [1.54, 1.807) is 0 Å². The van der Waals surface area contributed by atoms with E-state index in [1.165, 1.54) is 77.0 Å². The molecule has 0 saturated heterocycles. The number of hydrogen-bond acceptors (Lipinski definition) is 4. The van der Waals surface area contributed by atoms with Crippen LogP contribution in [0, 0.1) is 0 Å². The molecular formula is C32H61NO4S. The van der Waals surface area contributed by atoms with Gasteiger partial charge >= 0.3 is 0 Å². The van der Waals surface area contributed by atoms with Gasteiger partial charge in [-0.3, -0.25) is 9.52 Å². The molecule has 5 nitrogen and oxygen atoms in total. The quantitative estimate of drug-likeness (QED) is 0.0745. The Labute approximate surface area is 236 Å². The average molecular weight is 556 g/mol. The van der Waals surface area contributed by atoms with Crippen LogP contribution in [0.5, 0.6) is 0 Å². The van der Waals surface area contributed by atoms with E-state index in [-0.39, 0.29) is 24.2 Å². The van der Waals surface area contributed by atoms with E-state index in [9.17, 15) is 18.3 Å². The highest BCUT2D eigenvalue weighted by Crippen LogP contribution is 2.12. The monoisotopic (exact) mass is 555 g/mol. The van der Waals surface area contributed by atoms with Gasteiger partial charge in [-0.05, 0) is 51.4 Å². The third kappa shape index (κ3) is 27.9. The number of hydrogen-bond donors (Lipinski definition) is 2. The van der Waals surface area contributed by atoms with Crippen molar-refractivity contribution in [3.05, 3.63) is 24.3 Å². The zero-order chi connectivity index (χ0) is 28.2. The highest BCUT2D eigenvalue weighted by atomic mass is 32.2. The third-order valence-electron chi connectivity index (χ3n) is 6.93. The van der Waals surface area contributed by atoms with Gasteiger partial charge in [-0.25, -0.2) is 8.42 Å².